The summed E-state index contributed by atoms with van der Waals surface area (Å²) < 4.78 is 5.54. The van der Waals surface area contributed by atoms with Gasteiger partial charge in [0.25, 0.3) is 0 Å². The fraction of sp³-hybridized carbons (Fsp3) is 0.750. The van der Waals surface area contributed by atoms with Crippen molar-refractivity contribution in [2.75, 3.05) is 33.4 Å². The Morgan fingerprint density at radius 2 is 2.24 bits per heavy atom. The van der Waals surface area contributed by atoms with Crippen LogP contribution >= 0.6 is 24.0 Å². The van der Waals surface area contributed by atoms with Gasteiger partial charge in [-0.1, -0.05) is 6.08 Å². The highest BCUT2D eigenvalue weighted by atomic mass is 127. The zero-order valence-corrected chi connectivity index (χ0v) is 12.9. The number of hydrogen-bond acceptors (Lipinski definition) is 2. The Kier molecular flexibility index (Phi) is 10.6. The summed E-state index contributed by atoms with van der Waals surface area (Å²) in [4.78, 5) is 4.09. The summed E-state index contributed by atoms with van der Waals surface area (Å²) in [7, 11) is 1.77. The van der Waals surface area contributed by atoms with Crippen LogP contribution in [0.4, 0.5) is 0 Å². The predicted octanol–water partition coefficient (Wildman–Crippen LogP) is 1.77. The molecule has 100 valence electrons. The van der Waals surface area contributed by atoms with Gasteiger partial charge in [0, 0.05) is 33.4 Å². The van der Waals surface area contributed by atoms with Crippen molar-refractivity contribution in [3.05, 3.63) is 12.7 Å². The molecule has 0 unspecified atom stereocenters. The Balaban J connectivity index is 0.00000256. The molecule has 1 fully saturated rings. The van der Waals surface area contributed by atoms with Gasteiger partial charge in [0.1, 0.15) is 0 Å². The van der Waals surface area contributed by atoms with Crippen molar-refractivity contribution in [3.63, 3.8) is 0 Å². The number of hydrogen-bond donors (Lipinski definition) is 2. The van der Waals surface area contributed by atoms with E-state index in [9.17, 15) is 0 Å². The molecule has 0 radical (unpaired) electrons. The quantitative estimate of drug-likeness (QED) is 0.230. The molecule has 1 aliphatic rings. The van der Waals surface area contributed by atoms with Crippen molar-refractivity contribution >= 4 is 29.9 Å². The molecule has 1 saturated carbocycles. The van der Waals surface area contributed by atoms with Gasteiger partial charge in [-0.3, -0.25) is 4.99 Å². The highest BCUT2D eigenvalue weighted by Crippen LogP contribution is 2.28. The summed E-state index contributed by atoms with van der Waals surface area (Å²) in [5.74, 6) is 1.68. The summed E-state index contributed by atoms with van der Waals surface area (Å²) in [5, 5.41) is 6.34. The lowest BCUT2D eigenvalue weighted by Gasteiger charge is -2.10. The Labute approximate surface area is 121 Å². The van der Waals surface area contributed by atoms with Gasteiger partial charge >= 0.3 is 0 Å². The second kappa shape index (κ2) is 10.8. The standard InChI is InChI=1S/C12H23N3O.HI/c1-3-7-14-12(13-2)15-8-4-9-16-10-11-5-6-11;/h3,11H,1,4-10H2,2H3,(H2,13,14,15);1H. The third-order valence-corrected chi connectivity index (χ3v) is 2.45. The fourth-order valence-corrected chi connectivity index (χ4v) is 1.30. The third-order valence-electron chi connectivity index (χ3n) is 2.45. The zero-order chi connectivity index (χ0) is 11.6. The minimum atomic E-state index is 0. The van der Waals surface area contributed by atoms with Crippen LogP contribution in [0.2, 0.25) is 0 Å². The normalized spacial score (nSPS) is 15.0. The first-order valence-electron chi connectivity index (χ1n) is 6.00. The molecule has 0 aromatic rings. The molecule has 0 heterocycles. The van der Waals surface area contributed by atoms with Gasteiger partial charge in [0.2, 0.25) is 0 Å². The maximum Gasteiger partial charge on any atom is 0.191 e. The molecule has 0 bridgehead atoms. The van der Waals surface area contributed by atoms with E-state index in [-0.39, 0.29) is 24.0 Å². The topological polar surface area (TPSA) is 45.7 Å². The molecule has 0 amide bonds. The lowest BCUT2D eigenvalue weighted by Crippen LogP contribution is -2.38. The highest BCUT2D eigenvalue weighted by molar-refractivity contribution is 14.0. The number of halogens is 1. The van der Waals surface area contributed by atoms with E-state index in [1.807, 2.05) is 6.08 Å². The minimum Gasteiger partial charge on any atom is -0.381 e. The number of guanidine groups is 1. The van der Waals surface area contributed by atoms with Gasteiger partial charge in [-0.05, 0) is 25.2 Å². The van der Waals surface area contributed by atoms with E-state index in [0.29, 0.717) is 0 Å². The van der Waals surface area contributed by atoms with Crippen LogP contribution in [-0.4, -0.2) is 39.3 Å². The molecule has 4 nitrogen and oxygen atoms in total. The highest BCUT2D eigenvalue weighted by Gasteiger charge is 2.20. The van der Waals surface area contributed by atoms with E-state index in [2.05, 4.69) is 22.2 Å². The Morgan fingerprint density at radius 3 is 2.82 bits per heavy atom. The van der Waals surface area contributed by atoms with Crippen LogP contribution in [0.25, 0.3) is 0 Å². The van der Waals surface area contributed by atoms with Gasteiger partial charge in [0.15, 0.2) is 5.96 Å². The maximum absolute atomic E-state index is 5.54. The summed E-state index contributed by atoms with van der Waals surface area (Å²) >= 11 is 0. The summed E-state index contributed by atoms with van der Waals surface area (Å²) in [6, 6.07) is 0. The second-order valence-electron chi connectivity index (χ2n) is 4.04. The first-order valence-corrected chi connectivity index (χ1v) is 6.00. The first-order chi connectivity index (χ1) is 7.86. The summed E-state index contributed by atoms with van der Waals surface area (Å²) in [5.41, 5.74) is 0. The second-order valence-corrected chi connectivity index (χ2v) is 4.04. The molecule has 17 heavy (non-hydrogen) atoms. The monoisotopic (exact) mass is 353 g/mol. The fourth-order valence-electron chi connectivity index (χ4n) is 1.30. The molecular formula is C12H24IN3O. The van der Waals surface area contributed by atoms with Gasteiger partial charge in [0.05, 0.1) is 0 Å². The zero-order valence-electron chi connectivity index (χ0n) is 10.6. The number of ether oxygens (including phenoxy) is 1. The van der Waals surface area contributed by atoms with E-state index < -0.39 is 0 Å². The number of nitrogens with zero attached hydrogens (tertiary/aromatic N) is 1. The molecule has 2 N–H and O–H groups in total. The van der Waals surface area contributed by atoms with Crippen molar-refractivity contribution in [2.45, 2.75) is 19.3 Å². The number of rotatable bonds is 8. The first kappa shape index (κ1) is 16.7. The van der Waals surface area contributed by atoms with Crippen LogP contribution in [0, 0.1) is 5.92 Å². The van der Waals surface area contributed by atoms with E-state index in [1.54, 1.807) is 7.05 Å². The Morgan fingerprint density at radius 1 is 1.47 bits per heavy atom. The molecule has 0 aliphatic heterocycles. The van der Waals surface area contributed by atoms with Crippen molar-refractivity contribution in [3.8, 4) is 0 Å². The summed E-state index contributed by atoms with van der Waals surface area (Å²) in [6.07, 6.45) is 5.54. The molecular weight excluding hydrogens is 329 g/mol. The Hall–Kier alpha value is -0.300. The average Bonchev–Trinajstić information content (AvgIpc) is 3.11. The molecule has 1 aliphatic carbocycles. The molecule has 1 rings (SSSR count). The average molecular weight is 353 g/mol. The van der Waals surface area contributed by atoms with E-state index in [4.69, 9.17) is 4.74 Å². The predicted molar refractivity (Wildman–Crippen MR) is 83.1 cm³/mol. The molecule has 0 spiro atoms. The van der Waals surface area contributed by atoms with Crippen molar-refractivity contribution in [2.24, 2.45) is 10.9 Å². The van der Waals surface area contributed by atoms with Crippen molar-refractivity contribution in [1.82, 2.24) is 10.6 Å². The van der Waals surface area contributed by atoms with E-state index in [1.165, 1.54) is 12.8 Å². The van der Waals surface area contributed by atoms with Crippen LogP contribution in [0.3, 0.4) is 0 Å². The van der Waals surface area contributed by atoms with Gasteiger partial charge in [-0.25, -0.2) is 0 Å². The Bertz CT molecular complexity index is 230. The number of aliphatic imine (C=N–C) groups is 1. The lowest BCUT2D eigenvalue weighted by molar-refractivity contribution is 0.123. The molecule has 0 saturated heterocycles. The minimum absolute atomic E-state index is 0. The van der Waals surface area contributed by atoms with Crippen LogP contribution < -0.4 is 10.6 Å². The SMILES string of the molecule is C=CCNC(=NC)NCCCOCC1CC1.I. The van der Waals surface area contributed by atoms with Crippen LogP contribution in [0.5, 0.6) is 0 Å². The van der Waals surface area contributed by atoms with Crippen molar-refractivity contribution in [1.29, 1.82) is 0 Å². The molecule has 0 aromatic heterocycles. The maximum atomic E-state index is 5.54. The van der Waals surface area contributed by atoms with Gasteiger partial charge in [-0.2, -0.15) is 0 Å². The van der Waals surface area contributed by atoms with E-state index in [0.717, 1.165) is 44.6 Å². The summed E-state index contributed by atoms with van der Waals surface area (Å²) in [6.45, 7) is 7.05. The van der Waals surface area contributed by atoms with Crippen LogP contribution in [0.15, 0.2) is 17.6 Å². The smallest absolute Gasteiger partial charge is 0.191 e. The van der Waals surface area contributed by atoms with Crippen LogP contribution in [0.1, 0.15) is 19.3 Å². The lowest BCUT2D eigenvalue weighted by atomic mass is 10.4. The molecule has 5 heteroatoms. The van der Waals surface area contributed by atoms with Crippen LogP contribution in [-0.2, 0) is 4.74 Å². The van der Waals surface area contributed by atoms with E-state index >= 15 is 0 Å². The third kappa shape index (κ3) is 9.41. The van der Waals surface area contributed by atoms with Gasteiger partial charge < -0.3 is 15.4 Å². The van der Waals surface area contributed by atoms with Gasteiger partial charge in [-0.15, -0.1) is 30.6 Å². The largest absolute Gasteiger partial charge is 0.381 e. The molecule has 0 aromatic carbocycles. The number of nitrogens with one attached hydrogen (secondary N) is 2. The molecule has 0 atom stereocenters. The van der Waals surface area contributed by atoms with Crippen molar-refractivity contribution < 1.29 is 4.74 Å².